The van der Waals surface area contributed by atoms with Crippen LogP contribution in [0.2, 0.25) is 0 Å². The number of nitrogens with one attached hydrogen (secondary N) is 1. The van der Waals surface area contributed by atoms with Crippen molar-refractivity contribution in [2.75, 3.05) is 19.8 Å². The Hall–Kier alpha value is -2.24. The lowest BCUT2D eigenvalue weighted by molar-refractivity contribution is -0.277. The molecule has 5 atom stereocenters. The predicted octanol–water partition coefficient (Wildman–Crippen LogP) is -0.568. The summed E-state index contributed by atoms with van der Waals surface area (Å²) in [5, 5.41) is 11.5. The second-order valence-corrected chi connectivity index (χ2v) is 6.52. The molecular formula is C18H29NO10. The van der Waals surface area contributed by atoms with E-state index in [1.54, 1.807) is 0 Å². The molecule has 0 aromatic rings. The second-order valence-electron chi connectivity index (χ2n) is 6.52. The van der Waals surface area contributed by atoms with Crippen molar-refractivity contribution < 1.29 is 48.0 Å². The number of ether oxygens (including phenoxy) is 5. The van der Waals surface area contributed by atoms with Crippen LogP contribution in [0, 0.1) is 0 Å². The Morgan fingerprint density at radius 3 is 2.07 bits per heavy atom. The minimum atomic E-state index is -1.15. The van der Waals surface area contributed by atoms with Crippen LogP contribution in [0.25, 0.3) is 0 Å². The van der Waals surface area contributed by atoms with Gasteiger partial charge < -0.3 is 34.1 Å². The highest BCUT2D eigenvalue weighted by atomic mass is 16.7. The van der Waals surface area contributed by atoms with Crippen LogP contribution in [-0.4, -0.2) is 79.4 Å². The van der Waals surface area contributed by atoms with E-state index in [0.29, 0.717) is 12.8 Å². The maximum atomic E-state index is 11.7. The first-order chi connectivity index (χ1) is 13.6. The Balaban J connectivity index is 3.17. The van der Waals surface area contributed by atoms with Gasteiger partial charge in [0.1, 0.15) is 18.8 Å². The van der Waals surface area contributed by atoms with Gasteiger partial charge in [-0.25, -0.2) is 0 Å². The third-order valence-electron chi connectivity index (χ3n) is 3.91. The van der Waals surface area contributed by atoms with E-state index in [-0.39, 0.29) is 19.8 Å². The molecule has 11 nitrogen and oxygen atoms in total. The van der Waals surface area contributed by atoms with Gasteiger partial charge in [0.15, 0.2) is 18.5 Å². The number of amides is 1. The summed E-state index contributed by atoms with van der Waals surface area (Å²) >= 11 is 0. The summed E-state index contributed by atoms with van der Waals surface area (Å²) in [6.45, 7) is 4.70. The van der Waals surface area contributed by atoms with Gasteiger partial charge in [-0.15, -0.1) is 0 Å². The van der Waals surface area contributed by atoms with Crippen LogP contribution in [-0.2, 0) is 42.9 Å². The summed E-state index contributed by atoms with van der Waals surface area (Å²) in [6.07, 6.45) is -3.35. The quantitative estimate of drug-likeness (QED) is 0.268. The topological polar surface area (TPSA) is 147 Å². The smallest absolute Gasteiger partial charge is 0.303 e. The van der Waals surface area contributed by atoms with Crippen molar-refractivity contribution in [3.8, 4) is 0 Å². The van der Waals surface area contributed by atoms with E-state index in [2.05, 4.69) is 5.32 Å². The molecule has 0 unspecified atom stereocenters. The zero-order valence-electron chi connectivity index (χ0n) is 17.0. The highest BCUT2D eigenvalue weighted by Crippen LogP contribution is 2.28. The summed E-state index contributed by atoms with van der Waals surface area (Å²) in [5.74, 6) is -2.37. The molecule has 1 saturated heterocycles. The molecule has 29 heavy (non-hydrogen) atoms. The molecule has 11 heteroatoms. The van der Waals surface area contributed by atoms with E-state index in [1.165, 1.54) is 27.7 Å². The Morgan fingerprint density at radius 1 is 0.931 bits per heavy atom. The number of hydrogen-bond acceptors (Lipinski definition) is 10. The largest absolute Gasteiger partial charge is 0.463 e. The molecule has 0 spiro atoms. The maximum Gasteiger partial charge on any atom is 0.303 e. The third-order valence-corrected chi connectivity index (χ3v) is 3.91. The van der Waals surface area contributed by atoms with Crippen molar-refractivity contribution in [1.29, 1.82) is 0 Å². The molecular weight excluding hydrogens is 390 g/mol. The van der Waals surface area contributed by atoms with Gasteiger partial charge in [0, 0.05) is 40.9 Å². The van der Waals surface area contributed by atoms with Crippen molar-refractivity contribution in [2.45, 2.75) is 71.2 Å². The minimum absolute atomic E-state index is 0.0102. The molecule has 166 valence electrons. The number of hydrogen-bond donors (Lipinski definition) is 2. The minimum Gasteiger partial charge on any atom is -0.463 e. The molecule has 2 N–H and O–H groups in total. The van der Waals surface area contributed by atoms with Gasteiger partial charge in [-0.1, -0.05) is 0 Å². The molecule has 0 aromatic heterocycles. The lowest BCUT2D eigenvalue weighted by atomic mass is 9.96. The summed E-state index contributed by atoms with van der Waals surface area (Å²) in [6, 6.07) is -0.983. The fourth-order valence-corrected chi connectivity index (χ4v) is 2.85. The summed E-state index contributed by atoms with van der Waals surface area (Å²) in [4.78, 5) is 46.2. The molecule has 0 radical (unpaired) electrons. The standard InChI is InChI=1S/C18H29NO10/c1-10(21)19-15-17(28-13(4)24)16(27-12(3)23)14(9-26-11(2)22)29-18(15)25-8-6-5-7-20/h14-18,20H,5-9H2,1-4H3,(H,19,21)/t14-,15-,16+,17-,18-/m1/s1. The predicted molar refractivity (Wildman–Crippen MR) is 96.3 cm³/mol. The molecule has 0 saturated carbocycles. The number of aliphatic hydroxyl groups excluding tert-OH is 1. The van der Waals surface area contributed by atoms with Crippen molar-refractivity contribution in [3.05, 3.63) is 0 Å². The monoisotopic (exact) mass is 419 g/mol. The van der Waals surface area contributed by atoms with Gasteiger partial charge in [0.05, 0.1) is 0 Å². The summed E-state index contributed by atoms with van der Waals surface area (Å²) in [5.41, 5.74) is 0. The van der Waals surface area contributed by atoms with Crippen LogP contribution < -0.4 is 5.32 Å². The van der Waals surface area contributed by atoms with Crippen LogP contribution in [0.5, 0.6) is 0 Å². The van der Waals surface area contributed by atoms with Crippen LogP contribution >= 0.6 is 0 Å². The van der Waals surface area contributed by atoms with Crippen molar-refractivity contribution in [2.24, 2.45) is 0 Å². The second kappa shape index (κ2) is 12.3. The average Bonchev–Trinajstić information content (AvgIpc) is 2.60. The Bertz CT molecular complexity index is 581. The van der Waals surface area contributed by atoms with E-state index in [4.69, 9.17) is 28.8 Å². The first-order valence-electron chi connectivity index (χ1n) is 9.28. The summed E-state index contributed by atoms with van der Waals surface area (Å²) < 4.78 is 27.1. The van der Waals surface area contributed by atoms with E-state index in [0.717, 1.165) is 0 Å². The number of rotatable bonds is 10. The van der Waals surface area contributed by atoms with Gasteiger partial charge in [0.25, 0.3) is 0 Å². The zero-order chi connectivity index (χ0) is 22.0. The van der Waals surface area contributed by atoms with Crippen molar-refractivity contribution >= 4 is 23.8 Å². The van der Waals surface area contributed by atoms with Gasteiger partial charge in [-0.05, 0) is 12.8 Å². The third kappa shape index (κ3) is 8.75. The Kier molecular flexibility index (Phi) is 10.6. The van der Waals surface area contributed by atoms with E-state index in [9.17, 15) is 19.2 Å². The fraction of sp³-hybridized carbons (Fsp3) is 0.778. The Morgan fingerprint density at radius 2 is 1.55 bits per heavy atom. The fourth-order valence-electron chi connectivity index (χ4n) is 2.85. The van der Waals surface area contributed by atoms with E-state index in [1.807, 2.05) is 0 Å². The molecule has 1 fully saturated rings. The first-order valence-corrected chi connectivity index (χ1v) is 9.28. The van der Waals surface area contributed by atoms with Crippen LogP contribution in [0.15, 0.2) is 0 Å². The SMILES string of the molecule is CC(=O)N[C@H]1[C@H](OCCCCO)O[C@H](COC(C)=O)[C@H](OC(C)=O)[C@@H]1OC(C)=O. The highest BCUT2D eigenvalue weighted by Gasteiger charge is 2.51. The number of esters is 3. The number of unbranched alkanes of at least 4 members (excludes halogenated alkanes) is 1. The molecule has 0 bridgehead atoms. The lowest BCUT2D eigenvalue weighted by Crippen LogP contribution is -2.66. The van der Waals surface area contributed by atoms with Crippen molar-refractivity contribution in [3.63, 3.8) is 0 Å². The van der Waals surface area contributed by atoms with Crippen LogP contribution in [0.1, 0.15) is 40.5 Å². The lowest BCUT2D eigenvalue weighted by Gasteiger charge is -2.44. The normalized spacial score (nSPS) is 26.3. The van der Waals surface area contributed by atoms with Gasteiger partial charge in [-0.2, -0.15) is 0 Å². The van der Waals surface area contributed by atoms with Gasteiger partial charge >= 0.3 is 17.9 Å². The number of aliphatic hydroxyl groups is 1. The average molecular weight is 419 g/mol. The zero-order valence-corrected chi connectivity index (χ0v) is 17.0. The molecule has 1 rings (SSSR count). The molecule has 0 aromatic carbocycles. The molecule has 1 amide bonds. The van der Waals surface area contributed by atoms with E-state index < -0.39 is 54.5 Å². The first kappa shape index (κ1) is 24.8. The van der Waals surface area contributed by atoms with Crippen LogP contribution in [0.3, 0.4) is 0 Å². The molecule has 1 heterocycles. The van der Waals surface area contributed by atoms with Gasteiger partial charge in [-0.3, -0.25) is 19.2 Å². The molecule has 1 aliphatic heterocycles. The molecule has 0 aliphatic carbocycles. The van der Waals surface area contributed by atoms with Gasteiger partial charge in [0.2, 0.25) is 5.91 Å². The Labute approximate surface area is 168 Å². The van der Waals surface area contributed by atoms with Crippen LogP contribution in [0.4, 0.5) is 0 Å². The maximum absolute atomic E-state index is 11.7. The van der Waals surface area contributed by atoms with E-state index >= 15 is 0 Å². The molecule has 1 aliphatic rings. The number of carbonyl (C=O) groups is 4. The highest BCUT2D eigenvalue weighted by molar-refractivity contribution is 5.73. The van der Waals surface area contributed by atoms with Crippen molar-refractivity contribution in [1.82, 2.24) is 5.32 Å². The number of carbonyl (C=O) groups excluding carboxylic acids is 4. The summed E-state index contributed by atoms with van der Waals surface area (Å²) in [7, 11) is 0.